The molecule has 3 rings (SSSR count). The molecule has 0 spiro atoms. The average Bonchev–Trinajstić information content (AvgIpc) is 2.84. The summed E-state index contributed by atoms with van der Waals surface area (Å²) in [6.07, 6.45) is 1.40. The van der Waals surface area contributed by atoms with E-state index in [4.69, 9.17) is 21.1 Å². The molecule has 0 radical (unpaired) electrons. The van der Waals surface area contributed by atoms with Crippen molar-refractivity contribution in [1.82, 2.24) is 0 Å². The Balaban J connectivity index is 1.74. The van der Waals surface area contributed by atoms with E-state index in [0.717, 1.165) is 11.1 Å². The van der Waals surface area contributed by atoms with Crippen LogP contribution in [0, 0.1) is 25.2 Å². The van der Waals surface area contributed by atoms with Gasteiger partial charge < -0.3 is 20.1 Å². The Kier molecular flexibility index (Phi) is 8.49. The molecule has 0 atom stereocenters. The van der Waals surface area contributed by atoms with Crippen LogP contribution >= 0.6 is 11.6 Å². The summed E-state index contributed by atoms with van der Waals surface area (Å²) < 4.78 is 11.0. The Morgan fingerprint density at radius 2 is 1.77 bits per heavy atom. The van der Waals surface area contributed by atoms with Crippen molar-refractivity contribution in [3.63, 3.8) is 0 Å². The Hall–Kier alpha value is -4.28. The molecule has 0 unspecified atom stereocenters. The largest absolute Gasteiger partial charge is 0.493 e. The van der Waals surface area contributed by atoms with Crippen LogP contribution in [-0.4, -0.2) is 25.5 Å². The van der Waals surface area contributed by atoms with Crippen LogP contribution in [0.5, 0.6) is 11.5 Å². The highest BCUT2D eigenvalue weighted by atomic mass is 35.5. The molecule has 8 heteroatoms. The molecule has 0 saturated heterocycles. The summed E-state index contributed by atoms with van der Waals surface area (Å²) in [6.45, 7) is 3.52. The molecular weight excluding hydrogens is 466 g/mol. The zero-order valence-electron chi connectivity index (χ0n) is 19.5. The zero-order chi connectivity index (χ0) is 25.4. The molecule has 0 fully saturated rings. The first-order valence-electron chi connectivity index (χ1n) is 10.7. The third-order valence-corrected chi connectivity index (χ3v) is 5.28. The Bertz CT molecular complexity index is 1310. The van der Waals surface area contributed by atoms with Gasteiger partial charge in [-0.3, -0.25) is 9.59 Å². The number of amides is 2. The third kappa shape index (κ3) is 6.85. The van der Waals surface area contributed by atoms with Gasteiger partial charge in [-0.25, -0.2) is 0 Å². The van der Waals surface area contributed by atoms with Gasteiger partial charge in [0.05, 0.1) is 12.1 Å². The van der Waals surface area contributed by atoms with Crippen molar-refractivity contribution in [2.75, 3.05) is 24.4 Å². The van der Waals surface area contributed by atoms with Gasteiger partial charge >= 0.3 is 0 Å². The molecule has 0 bridgehead atoms. The maximum Gasteiger partial charge on any atom is 0.266 e. The van der Waals surface area contributed by atoms with E-state index in [2.05, 4.69) is 10.6 Å². The van der Waals surface area contributed by atoms with E-state index in [1.54, 1.807) is 30.3 Å². The molecule has 2 amide bonds. The second kappa shape index (κ2) is 11.7. The number of benzene rings is 3. The van der Waals surface area contributed by atoms with Gasteiger partial charge in [0.2, 0.25) is 0 Å². The van der Waals surface area contributed by atoms with Crippen LogP contribution in [0.15, 0.2) is 66.2 Å². The third-order valence-electron chi connectivity index (χ3n) is 5.00. The van der Waals surface area contributed by atoms with Crippen molar-refractivity contribution in [2.24, 2.45) is 0 Å². The second-order valence-corrected chi connectivity index (χ2v) is 8.08. The van der Waals surface area contributed by atoms with E-state index < -0.39 is 5.91 Å². The summed E-state index contributed by atoms with van der Waals surface area (Å²) >= 11 is 6.38. The molecule has 0 aliphatic rings. The van der Waals surface area contributed by atoms with Crippen molar-refractivity contribution in [2.45, 2.75) is 13.8 Å². The minimum atomic E-state index is -0.551. The van der Waals surface area contributed by atoms with Gasteiger partial charge in [0.15, 0.2) is 18.1 Å². The number of nitriles is 1. The monoisotopic (exact) mass is 489 g/mol. The SMILES string of the molecule is COc1cc(/C=C(\C#N)C(=O)Nc2ccccc2C)cc(Cl)c1OCC(=O)Nc1ccc(C)cc1. The molecule has 35 heavy (non-hydrogen) atoms. The lowest BCUT2D eigenvalue weighted by molar-refractivity contribution is -0.118. The van der Waals surface area contributed by atoms with Gasteiger partial charge in [-0.15, -0.1) is 0 Å². The minimum absolute atomic E-state index is 0.113. The Labute approximate surface area is 208 Å². The first-order valence-corrected chi connectivity index (χ1v) is 11.0. The highest BCUT2D eigenvalue weighted by molar-refractivity contribution is 6.32. The van der Waals surface area contributed by atoms with Crippen LogP contribution in [0.1, 0.15) is 16.7 Å². The molecule has 0 heterocycles. The number of halogens is 1. The number of methoxy groups -OCH3 is 1. The van der Waals surface area contributed by atoms with Crippen LogP contribution in [0.25, 0.3) is 6.08 Å². The van der Waals surface area contributed by atoms with E-state index in [9.17, 15) is 14.9 Å². The molecule has 3 aromatic rings. The number of para-hydroxylation sites is 1. The number of nitrogens with zero attached hydrogens (tertiary/aromatic N) is 1. The van der Waals surface area contributed by atoms with E-state index in [1.165, 1.54) is 19.3 Å². The maximum absolute atomic E-state index is 12.6. The molecule has 0 saturated carbocycles. The summed E-state index contributed by atoms with van der Waals surface area (Å²) in [4.78, 5) is 24.9. The van der Waals surface area contributed by atoms with Crippen LogP contribution in [0.2, 0.25) is 5.02 Å². The molecular formula is C27H24ClN3O4. The zero-order valence-corrected chi connectivity index (χ0v) is 20.3. The normalized spacial score (nSPS) is 10.8. The molecule has 0 aromatic heterocycles. The number of carbonyl (C=O) groups is 2. The Morgan fingerprint density at radius 3 is 2.43 bits per heavy atom. The number of aryl methyl sites for hydroxylation is 2. The van der Waals surface area contributed by atoms with Crippen molar-refractivity contribution in [3.05, 3.63) is 87.9 Å². The lowest BCUT2D eigenvalue weighted by Gasteiger charge is -2.14. The predicted octanol–water partition coefficient (Wildman–Crippen LogP) is 5.53. The highest BCUT2D eigenvalue weighted by Crippen LogP contribution is 2.37. The second-order valence-electron chi connectivity index (χ2n) is 7.68. The fraction of sp³-hybridized carbons (Fsp3) is 0.148. The quantitative estimate of drug-likeness (QED) is 0.320. The summed E-state index contributed by atoms with van der Waals surface area (Å²) in [5.74, 6) is -0.489. The number of nitrogens with one attached hydrogen (secondary N) is 2. The molecule has 0 aliphatic carbocycles. The number of hydrogen-bond acceptors (Lipinski definition) is 5. The van der Waals surface area contributed by atoms with Crippen molar-refractivity contribution in [1.29, 1.82) is 5.26 Å². The molecule has 0 aliphatic heterocycles. The van der Waals surface area contributed by atoms with Crippen LogP contribution < -0.4 is 20.1 Å². The van der Waals surface area contributed by atoms with E-state index in [0.29, 0.717) is 16.9 Å². The van der Waals surface area contributed by atoms with Gasteiger partial charge in [-0.1, -0.05) is 47.5 Å². The molecule has 7 nitrogen and oxygen atoms in total. The standard InChI is InChI=1S/C27H24ClN3O4/c1-17-8-10-21(11-9-17)30-25(32)16-35-26-22(28)13-19(14-24(26)34-3)12-20(15-29)27(33)31-23-7-5-4-6-18(23)2/h4-14H,16H2,1-3H3,(H,30,32)(H,31,33)/b20-12+. The highest BCUT2D eigenvalue weighted by Gasteiger charge is 2.16. The molecule has 2 N–H and O–H groups in total. The summed E-state index contributed by atoms with van der Waals surface area (Å²) in [5, 5.41) is 15.2. The first kappa shape index (κ1) is 25.3. The number of anilines is 2. The summed E-state index contributed by atoms with van der Waals surface area (Å²) in [7, 11) is 1.43. The Morgan fingerprint density at radius 1 is 1.06 bits per heavy atom. The topological polar surface area (TPSA) is 100 Å². The average molecular weight is 490 g/mol. The molecule has 3 aromatic carbocycles. The first-order chi connectivity index (χ1) is 16.8. The number of carbonyl (C=O) groups excluding carboxylic acids is 2. The van der Waals surface area contributed by atoms with Crippen LogP contribution in [0.3, 0.4) is 0 Å². The minimum Gasteiger partial charge on any atom is -0.493 e. The van der Waals surface area contributed by atoms with Crippen LogP contribution in [0.4, 0.5) is 11.4 Å². The van der Waals surface area contributed by atoms with E-state index >= 15 is 0 Å². The van der Waals surface area contributed by atoms with Gasteiger partial charge in [-0.05, 0) is 61.4 Å². The van der Waals surface area contributed by atoms with Gasteiger partial charge in [0, 0.05) is 11.4 Å². The van der Waals surface area contributed by atoms with Gasteiger partial charge in [0.25, 0.3) is 11.8 Å². The predicted molar refractivity (Wildman–Crippen MR) is 137 cm³/mol. The summed E-state index contributed by atoms with van der Waals surface area (Å²) in [5.41, 5.74) is 3.56. The lowest BCUT2D eigenvalue weighted by atomic mass is 10.1. The summed E-state index contributed by atoms with van der Waals surface area (Å²) in [6, 6.07) is 19.6. The van der Waals surface area contributed by atoms with Crippen molar-refractivity contribution < 1.29 is 19.1 Å². The van der Waals surface area contributed by atoms with E-state index in [1.807, 2.05) is 44.2 Å². The smallest absolute Gasteiger partial charge is 0.266 e. The van der Waals surface area contributed by atoms with Gasteiger partial charge in [-0.2, -0.15) is 5.26 Å². The van der Waals surface area contributed by atoms with Crippen molar-refractivity contribution in [3.8, 4) is 17.6 Å². The van der Waals surface area contributed by atoms with Crippen LogP contribution in [-0.2, 0) is 9.59 Å². The fourth-order valence-corrected chi connectivity index (χ4v) is 3.43. The molecule has 178 valence electrons. The fourth-order valence-electron chi connectivity index (χ4n) is 3.15. The lowest BCUT2D eigenvalue weighted by Crippen LogP contribution is -2.20. The van der Waals surface area contributed by atoms with E-state index in [-0.39, 0.29) is 34.6 Å². The number of rotatable bonds is 8. The number of hydrogen-bond donors (Lipinski definition) is 2. The van der Waals surface area contributed by atoms with Gasteiger partial charge in [0.1, 0.15) is 11.6 Å². The maximum atomic E-state index is 12.6. The van der Waals surface area contributed by atoms with Crippen molar-refractivity contribution >= 4 is 40.9 Å². The number of ether oxygens (including phenoxy) is 2.